The van der Waals surface area contributed by atoms with Gasteiger partial charge in [-0.3, -0.25) is 4.90 Å². The average Bonchev–Trinajstić information content (AvgIpc) is 2.68. The lowest BCUT2D eigenvalue weighted by molar-refractivity contribution is 0.139. The van der Waals surface area contributed by atoms with Crippen LogP contribution in [0.4, 0.5) is 0 Å². The first-order chi connectivity index (χ1) is 7.16. The van der Waals surface area contributed by atoms with Crippen molar-refractivity contribution in [2.75, 3.05) is 33.2 Å². The minimum atomic E-state index is 0.376. The minimum absolute atomic E-state index is 0.376. The summed E-state index contributed by atoms with van der Waals surface area (Å²) in [5.74, 6) is 0.740. The molecule has 2 atom stereocenters. The molecular formula is C12H25N3. The van der Waals surface area contributed by atoms with Gasteiger partial charge in [0.05, 0.1) is 0 Å². The topological polar surface area (TPSA) is 32.5 Å². The molecule has 0 aromatic carbocycles. The van der Waals surface area contributed by atoms with Crippen molar-refractivity contribution in [1.82, 2.24) is 9.80 Å². The molecule has 2 rings (SSSR count). The van der Waals surface area contributed by atoms with E-state index in [-0.39, 0.29) is 0 Å². The fraction of sp³-hybridized carbons (Fsp3) is 1.00. The first kappa shape index (κ1) is 11.4. The van der Waals surface area contributed by atoms with E-state index in [2.05, 4.69) is 23.8 Å². The van der Waals surface area contributed by atoms with Crippen LogP contribution in [0.2, 0.25) is 0 Å². The van der Waals surface area contributed by atoms with Crippen LogP contribution in [0.25, 0.3) is 0 Å². The molecule has 2 N–H and O–H groups in total. The number of likely N-dealkylation sites (tertiary alicyclic amines) is 2. The van der Waals surface area contributed by atoms with Crippen LogP contribution < -0.4 is 5.73 Å². The Labute approximate surface area is 93.6 Å². The van der Waals surface area contributed by atoms with E-state index < -0.39 is 0 Å². The second kappa shape index (κ2) is 4.81. The van der Waals surface area contributed by atoms with Gasteiger partial charge in [0.1, 0.15) is 0 Å². The molecule has 2 fully saturated rings. The van der Waals surface area contributed by atoms with Gasteiger partial charge in [-0.2, -0.15) is 0 Å². The normalized spacial score (nSPS) is 33.4. The summed E-state index contributed by atoms with van der Waals surface area (Å²) < 4.78 is 0. The zero-order chi connectivity index (χ0) is 10.8. The van der Waals surface area contributed by atoms with Gasteiger partial charge in [0.25, 0.3) is 0 Å². The van der Waals surface area contributed by atoms with E-state index in [0.717, 1.165) is 12.0 Å². The van der Waals surface area contributed by atoms with E-state index >= 15 is 0 Å². The van der Waals surface area contributed by atoms with Crippen LogP contribution in [-0.2, 0) is 0 Å². The molecule has 0 amide bonds. The van der Waals surface area contributed by atoms with Crippen LogP contribution in [0.1, 0.15) is 26.2 Å². The number of nitrogens with zero attached hydrogens (tertiary/aromatic N) is 2. The monoisotopic (exact) mass is 211 g/mol. The first-order valence-corrected chi connectivity index (χ1v) is 6.35. The molecule has 2 saturated heterocycles. The van der Waals surface area contributed by atoms with Gasteiger partial charge in [0, 0.05) is 18.6 Å². The zero-order valence-electron chi connectivity index (χ0n) is 10.2. The van der Waals surface area contributed by atoms with Crippen molar-refractivity contribution in [3.05, 3.63) is 0 Å². The summed E-state index contributed by atoms with van der Waals surface area (Å²) in [7, 11) is 2.23. The van der Waals surface area contributed by atoms with Gasteiger partial charge in [-0.1, -0.05) is 0 Å². The van der Waals surface area contributed by atoms with Crippen LogP contribution >= 0.6 is 0 Å². The van der Waals surface area contributed by atoms with Crippen LogP contribution in [0, 0.1) is 5.92 Å². The lowest BCUT2D eigenvalue weighted by Gasteiger charge is -2.35. The van der Waals surface area contributed by atoms with Crippen molar-refractivity contribution >= 4 is 0 Å². The molecule has 2 unspecified atom stereocenters. The minimum Gasteiger partial charge on any atom is -0.328 e. The van der Waals surface area contributed by atoms with E-state index in [9.17, 15) is 0 Å². The average molecular weight is 211 g/mol. The van der Waals surface area contributed by atoms with Crippen molar-refractivity contribution < 1.29 is 0 Å². The number of hydrogen-bond acceptors (Lipinski definition) is 3. The van der Waals surface area contributed by atoms with E-state index in [4.69, 9.17) is 5.73 Å². The quantitative estimate of drug-likeness (QED) is 0.731. The van der Waals surface area contributed by atoms with Crippen LogP contribution in [0.3, 0.4) is 0 Å². The Balaban J connectivity index is 1.80. The van der Waals surface area contributed by atoms with Gasteiger partial charge in [-0.05, 0) is 58.8 Å². The summed E-state index contributed by atoms with van der Waals surface area (Å²) >= 11 is 0. The molecule has 3 heteroatoms. The highest BCUT2D eigenvalue weighted by atomic mass is 15.2. The molecule has 0 aromatic heterocycles. The maximum atomic E-state index is 5.98. The summed E-state index contributed by atoms with van der Waals surface area (Å²) in [6.07, 6.45) is 4.01. The third kappa shape index (κ3) is 2.71. The molecule has 0 spiro atoms. The zero-order valence-corrected chi connectivity index (χ0v) is 10.2. The Morgan fingerprint density at radius 2 is 1.80 bits per heavy atom. The Kier molecular flexibility index (Phi) is 3.65. The molecule has 3 nitrogen and oxygen atoms in total. The standard InChI is InChI=1S/C12H25N3/c1-10(13)11-3-8-15(9-11)12-4-6-14(2)7-5-12/h10-12H,3-9,13H2,1-2H3. The summed E-state index contributed by atoms with van der Waals surface area (Å²) in [6, 6.07) is 1.21. The second-order valence-corrected chi connectivity index (χ2v) is 5.44. The largest absolute Gasteiger partial charge is 0.328 e. The van der Waals surface area contributed by atoms with E-state index in [1.807, 2.05) is 0 Å². The maximum Gasteiger partial charge on any atom is 0.0120 e. The molecular weight excluding hydrogens is 186 g/mol. The SMILES string of the molecule is CC(N)C1CCN(C2CCN(C)CC2)C1. The third-order valence-electron chi connectivity index (χ3n) is 4.20. The van der Waals surface area contributed by atoms with Crippen molar-refractivity contribution in [3.8, 4) is 0 Å². The predicted octanol–water partition coefficient (Wildman–Crippen LogP) is 0.750. The number of rotatable bonds is 2. The molecule has 88 valence electrons. The second-order valence-electron chi connectivity index (χ2n) is 5.44. The fourth-order valence-corrected chi connectivity index (χ4v) is 2.94. The van der Waals surface area contributed by atoms with Gasteiger partial charge in [0.2, 0.25) is 0 Å². The Morgan fingerprint density at radius 1 is 1.13 bits per heavy atom. The summed E-state index contributed by atoms with van der Waals surface area (Å²) in [5.41, 5.74) is 5.98. The molecule has 15 heavy (non-hydrogen) atoms. The van der Waals surface area contributed by atoms with E-state index in [0.29, 0.717) is 6.04 Å². The van der Waals surface area contributed by atoms with Gasteiger partial charge in [-0.15, -0.1) is 0 Å². The fourth-order valence-electron chi connectivity index (χ4n) is 2.94. The Morgan fingerprint density at radius 3 is 2.33 bits per heavy atom. The smallest absolute Gasteiger partial charge is 0.0120 e. The molecule has 0 aromatic rings. The van der Waals surface area contributed by atoms with Gasteiger partial charge in [0.15, 0.2) is 0 Å². The molecule has 2 aliphatic rings. The lowest BCUT2D eigenvalue weighted by Crippen LogP contribution is -2.43. The molecule has 0 aliphatic carbocycles. The molecule has 0 bridgehead atoms. The first-order valence-electron chi connectivity index (χ1n) is 6.35. The van der Waals surface area contributed by atoms with Gasteiger partial charge < -0.3 is 10.6 Å². The number of nitrogens with two attached hydrogens (primary N) is 1. The highest BCUT2D eigenvalue weighted by Crippen LogP contribution is 2.25. The maximum absolute atomic E-state index is 5.98. The van der Waals surface area contributed by atoms with Crippen molar-refractivity contribution in [2.45, 2.75) is 38.3 Å². The highest BCUT2D eigenvalue weighted by molar-refractivity contribution is 4.87. The number of hydrogen-bond donors (Lipinski definition) is 1. The molecule has 0 radical (unpaired) electrons. The summed E-state index contributed by atoms with van der Waals surface area (Å²) in [6.45, 7) is 7.21. The molecule has 2 aliphatic heterocycles. The van der Waals surface area contributed by atoms with E-state index in [1.165, 1.54) is 45.4 Å². The van der Waals surface area contributed by atoms with Gasteiger partial charge >= 0.3 is 0 Å². The lowest BCUT2D eigenvalue weighted by atomic mass is 10.0. The van der Waals surface area contributed by atoms with Crippen LogP contribution in [0.5, 0.6) is 0 Å². The van der Waals surface area contributed by atoms with Crippen molar-refractivity contribution in [1.29, 1.82) is 0 Å². The Bertz CT molecular complexity index is 197. The van der Waals surface area contributed by atoms with Crippen LogP contribution in [-0.4, -0.2) is 55.1 Å². The van der Waals surface area contributed by atoms with Crippen molar-refractivity contribution in [2.24, 2.45) is 11.7 Å². The molecule has 0 saturated carbocycles. The number of piperidine rings is 1. The molecule has 2 heterocycles. The summed E-state index contributed by atoms with van der Waals surface area (Å²) in [4.78, 5) is 5.12. The van der Waals surface area contributed by atoms with Gasteiger partial charge in [-0.25, -0.2) is 0 Å². The van der Waals surface area contributed by atoms with E-state index in [1.54, 1.807) is 0 Å². The Hall–Kier alpha value is -0.120. The third-order valence-corrected chi connectivity index (χ3v) is 4.20. The predicted molar refractivity (Wildman–Crippen MR) is 63.8 cm³/mol. The van der Waals surface area contributed by atoms with Crippen molar-refractivity contribution in [3.63, 3.8) is 0 Å². The summed E-state index contributed by atoms with van der Waals surface area (Å²) in [5, 5.41) is 0. The highest BCUT2D eigenvalue weighted by Gasteiger charge is 2.31. The van der Waals surface area contributed by atoms with Crippen LogP contribution in [0.15, 0.2) is 0 Å².